The van der Waals surface area contributed by atoms with Crippen molar-refractivity contribution in [2.45, 2.75) is 51.1 Å². The Bertz CT molecular complexity index is 514. The maximum Gasteiger partial charge on any atom is 0.223 e. The van der Waals surface area contributed by atoms with Gasteiger partial charge in [-0.05, 0) is 55.9 Å². The van der Waals surface area contributed by atoms with Gasteiger partial charge in [0.15, 0.2) is 0 Å². The van der Waals surface area contributed by atoms with Crippen LogP contribution in [0.25, 0.3) is 0 Å². The Morgan fingerprint density at radius 3 is 3.00 bits per heavy atom. The number of carbonyl (C=O) groups is 1. The van der Waals surface area contributed by atoms with Crippen LogP contribution in [0.5, 0.6) is 0 Å². The van der Waals surface area contributed by atoms with E-state index in [4.69, 9.17) is 5.73 Å². The van der Waals surface area contributed by atoms with Crippen molar-refractivity contribution in [3.8, 4) is 0 Å². The molecule has 0 radical (unpaired) electrons. The van der Waals surface area contributed by atoms with Crippen LogP contribution < -0.4 is 16.0 Å². The monoisotopic (exact) mass is 273 g/mol. The predicted octanol–water partition coefficient (Wildman–Crippen LogP) is 2.28. The molecular formula is C16H23N3O. The van der Waals surface area contributed by atoms with Crippen LogP contribution in [-0.4, -0.2) is 24.5 Å². The highest BCUT2D eigenvalue weighted by atomic mass is 16.2. The first-order valence-electron chi connectivity index (χ1n) is 7.56. The molecule has 0 aromatic heterocycles. The van der Waals surface area contributed by atoms with Gasteiger partial charge in [-0.2, -0.15) is 0 Å². The van der Waals surface area contributed by atoms with Gasteiger partial charge >= 0.3 is 0 Å². The third kappa shape index (κ3) is 2.66. The summed E-state index contributed by atoms with van der Waals surface area (Å²) < 4.78 is 0. The summed E-state index contributed by atoms with van der Waals surface area (Å²) in [5.41, 5.74) is 9.54. The smallest absolute Gasteiger partial charge is 0.223 e. The number of carbonyl (C=O) groups excluding carboxylic acids is 1. The molecule has 3 rings (SSSR count). The molecule has 20 heavy (non-hydrogen) atoms. The Morgan fingerprint density at radius 2 is 2.25 bits per heavy atom. The van der Waals surface area contributed by atoms with Gasteiger partial charge in [-0.1, -0.05) is 0 Å². The van der Waals surface area contributed by atoms with Crippen molar-refractivity contribution in [1.29, 1.82) is 0 Å². The van der Waals surface area contributed by atoms with Crippen LogP contribution in [0.2, 0.25) is 0 Å². The lowest BCUT2D eigenvalue weighted by Crippen LogP contribution is -2.34. The molecule has 4 nitrogen and oxygen atoms in total. The van der Waals surface area contributed by atoms with E-state index in [1.54, 1.807) is 6.92 Å². The van der Waals surface area contributed by atoms with Crippen LogP contribution in [0.4, 0.5) is 11.4 Å². The molecule has 1 amide bonds. The van der Waals surface area contributed by atoms with E-state index < -0.39 is 0 Å². The van der Waals surface area contributed by atoms with E-state index in [0.29, 0.717) is 12.1 Å². The SMILES string of the molecule is CC(=O)N1CCc2cc(NC3CCCC(N)C3)ccc21. The van der Waals surface area contributed by atoms with Gasteiger partial charge in [0.1, 0.15) is 0 Å². The molecule has 3 N–H and O–H groups in total. The van der Waals surface area contributed by atoms with E-state index in [9.17, 15) is 4.79 Å². The lowest BCUT2D eigenvalue weighted by Gasteiger charge is -2.28. The number of hydrogen-bond acceptors (Lipinski definition) is 3. The van der Waals surface area contributed by atoms with E-state index in [0.717, 1.165) is 37.2 Å². The van der Waals surface area contributed by atoms with Gasteiger partial charge in [-0.3, -0.25) is 4.79 Å². The molecular weight excluding hydrogens is 250 g/mol. The van der Waals surface area contributed by atoms with E-state index >= 15 is 0 Å². The van der Waals surface area contributed by atoms with Crippen molar-refractivity contribution in [3.05, 3.63) is 23.8 Å². The molecule has 1 heterocycles. The summed E-state index contributed by atoms with van der Waals surface area (Å²) in [6, 6.07) is 7.17. The normalized spacial score (nSPS) is 25.4. The summed E-state index contributed by atoms with van der Waals surface area (Å²) >= 11 is 0. The molecule has 0 bridgehead atoms. The van der Waals surface area contributed by atoms with Crippen LogP contribution >= 0.6 is 0 Å². The highest BCUT2D eigenvalue weighted by Crippen LogP contribution is 2.31. The number of amides is 1. The molecule has 1 fully saturated rings. The summed E-state index contributed by atoms with van der Waals surface area (Å²) in [5, 5.41) is 3.60. The zero-order chi connectivity index (χ0) is 14.1. The topological polar surface area (TPSA) is 58.4 Å². The van der Waals surface area contributed by atoms with E-state index in [1.807, 2.05) is 4.90 Å². The molecule has 0 spiro atoms. The molecule has 2 atom stereocenters. The quantitative estimate of drug-likeness (QED) is 0.869. The number of benzene rings is 1. The van der Waals surface area contributed by atoms with Gasteiger partial charge in [-0.15, -0.1) is 0 Å². The fourth-order valence-corrected chi connectivity index (χ4v) is 3.41. The summed E-state index contributed by atoms with van der Waals surface area (Å²) in [4.78, 5) is 13.4. The number of rotatable bonds is 2. The number of hydrogen-bond donors (Lipinski definition) is 2. The minimum atomic E-state index is 0.128. The Morgan fingerprint density at radius 1 is 1.40 bits per heavy atom. The molecule has 4 heteroatoms. The Hall–Kier alpha value is -1.55. The van der Waals surface area contributed by atoms with Crippen molar-refractivity contribution in [3.63, 3.8) is 0 Å². The molecule has 1 aromatic carbocycles. The van der Waals surface area contributed by atoms with E-state index in [1.165, 1.54) is 18.4 Å². The van der Waals surface area contributed by atoms with E-state index in [2.05, 4.69) is 23.5 Å². The summed E-state index contributed by atoms with van der Waals surface area (Å²) in [7, 11) is 0. The number of nitrogens with two attached hydrogens (primary N) is 1. The third-order valence-corrected chi connectivity index (χ3v) is 4.44. The second-order valence-corrected chi connectivity index (χ2v) is 6.03. The van der Waals surface area contributed by atoms with Gasteiger partial charge in [0, 0.05) is 36.9 Å². The van der Waals surface area contributed by atoms with Crippen molar-refractivity contribution in [2.24, 2.45) is 5.73 Å². The summed E-state index contributed by atoms with van der Waals surface area (Å²) in [6.45, 7) is 2.44. The van der Waals surface area contributed by atoms with E-state index in [-0.39, 0.29) is 5.91 Å². The molecule has 1 aliphatic heterocycles. The number of nitrogens with zero attached hydrogens (tertiary/aromatic N) is 1. The summed E-state index contributed by atoms with van der Waals surface area (Å²) in [5.74, 6) is 0.128. The minimum absolute atomic E-state index is 0.128. The zero-order valence-corrected chi connectivity index (χ0v) is 12.1. The zero-order valence-electron chi connectivity index (χ0n) is 12.1. The van der Waals surface area contributed by atoms with Crippen molar-refractivity contribution < 1.29 is 4.79 Å². The largest absolute Gasteiger partial charge is 0.382 e. The fourth-order valence-electron chi connectivity index (χ4n) is 3.41. The highest BCUT2D eigenvalue weighted by molar-refractivity contribution is 5.94. The van der Waals surface area contributed by atoms with Crippen molar-refractivity contribution in [2.75, 3.05) is 16.8 Å². The maximum atomic E-state index is 11.5. The average Bonchev–Trinajstić information content (AvgIpc) is 2.82. The van der Waals surface area contributed by atoms with Crippen molar-refractivity contribution >= 4 is 17.3 Å². The van der Waals surface area contributed by atoms with Crippen LogP contribution in [0, 0.1) is 0 Å². The Kier molecular flexibility index (Phi) is 3.66. The second-order valence-electron chi connectivity index (χ2n) is 6.03. The van der Waals surface area contributed by atoms with Gasteiger partial charge in [0.25, 0.3) is 0 Å². The average molecular weight is 273 g/mol. The molecule has 1 aromatic rings. The highest BCUT2D eigenvalue weighted by Gasteiger charge is 2.23. The van der Waals surface area contributed by atoms with Crippen LogP contribution in [0.1, 0.15) is 38.2 Å². The lowest BCUT2D eigenvalue weighted by atomic mass is 9.91. The first-order valence-corrected chi connectivity index (χ1v) is 7.56. The fraction of sp³-hybridized carbons (Fsp3) is 0.562. The minimum Gasteiger partial charge on any atom is -0.382 e. The molecule has 2 aliphatic rings. The Labute approximate surface area is 120 Å². The van der Waals surface area contributed by atoms with Crippen LogP contribution in [0.15, 0.2) is 18.2 Å². The first-order chi connectivity index (χ1) is 9.63. The van der Waals surface area contributed by atoms with Crippen LogP contribution in [-0.2, 0) is 11.2 Å². The molecule has 2 unspecified atom stereocenters. The predicted molar refractivity (Wildman–Crippen MR) is 82.0 cm³/mol. The summed E-state index contributed by atoms with van der Waals surface area (Å²) in [6.07, 6.45) is 5.56. The lowest BCUT2D eigenvalue weighted by molar-refractivity contribution is -0.116. The maximum absolute atomic E-state index is 11.5. The first kappa shape index (κ1) is 13.4. The number of nitrogens with one attached hydrogen (secondary N) is 1. The molecule has 108 valence electrons. The standard InChI is InChI=1S/C16H23N3O/c1-11(20)19-8-7-12-9-15(5-6-16(12)19)18-14-4-2-3-13(17)10-14/h5-6,9,13-14,18H,2-4,7-8,10,17H2,1H3. The Balaban J connectivity index is 1.72. The van der Waals surface area contributed by atoms with Crippen LogP contribution in [0.3, 0.4) is 0 Å². The van der Waals surface area contributed by atoms with Gasteiger partial charge in [0.2, 0.25) is 5.91 Å². The van der Waals surface area contributed by atoms with Gasteiger partial charge < -0.3 is 16.0 Å². The second kappa shape index (κ2) is 5.44. The molecule has 0 saturated heterocycles. The number of anilines is 2. The molecule has 1 saturated carbocycles. The van der Waals surface area contributed by atoms with Gasteiger partial charge in [-0.25, -0.2) is 0 Å². The van der Waals surface area contributed by atoms with Gasteiger partial charge in [0.05, 0.1) is 0 Å². The van der Waals surface area contributed by atoms with Crippen molar-refractivity contribution in [1.82, 2.24) is 0 Å². The third-order valence-electron chi connectivity index (χ3n) is 4.44. The number of fused-ring (bicyclic) bond motifs is 1. The molecule has 1 aliphatic carbocycles.